The maximum Gasteiger partial charge on any atom is 0.147 e. The van der Waals surface area contributed by atoms with Gasteiger partial charge in [-0.15, -0.1) is 0 Å². The van der Waals surface area contributed by atoms with Crippen LogP contribution >= 0.6 is 23.2 Å². The van der Waals surface area contributed by atoms with Crippen molar-refractivity contribution in [3.63, 3.8) is 0 Å². The van der Waals surface area contributed by atoms with Crippen LogP contribution < -0.4 is 11.1 Å². The second kappa shape index (κ2) is 4.88. The first-order chi connectivity index (χ1) is 8.00. The first-order valence-electron chi connectivity index (χ1n) is 5.58. The Labute approximate surface area is 110 Å². The minimum Gasteiger partial charge on any atom is -0.388 e. The van der Waals surface area contributed by atoms with E-state index in [1.807, 2.05) is 0 Å². The summed E-state index contributed by atoms with van der Waals surface area (Å²) in [6, 6.07) is 1.55. The third-order valence-corrected chi connectivity index (χ3v) is 3.67. The van der Waals surface area contributed by atoms with E-state index in [-0.39, 0.29) is 5.82 Å². The Morgan fingerprint density at radius 3 is 2.65 bits per heavy atom. The highest BCUT2D eigenvalue weighted by Crippen LogP contribution is 2.31. The second-order valence-electron chi connectivity index (χ2n) is 4.47. The van der Waals surface area contributed by atoms with Gasteiger partial charge in [0.05, 0.1) is 15.6 Å². The summed E-state index contributed by atoms with van der Waals surface area (Å²) in [5.74, 6) is 0.700. The van der Waals surface area contributed by atoms with Crippen LogP contribution in [-0.4, -0.2) is 22.2 Å². The fourth-order valence-corrected chi connectivity index (χ4v) is 2.49. The number of aliphatic hydroxyl groups is 1. The third kappa shape index (κ3) is 2.94. The van der Waals surface area contributed by atoms with E-state index in [0.29, 0.717) is 22.4 Å². The Kier molecular flexibility index (Phi) is 3.66. The monoisotopic (exact) mass is 275 g/mol. The predicted octanol–water partition coefficient (Wildman–Crippen LogP) is 2.69. The van der Waals surface area contributed by atoms with Crippen LogP contribution in [0.4, 0.5) is 11.6 Å². The molecule has 1 aromatic heterocycles. The Morgan fingerprint density at radius 1 is 1.35 bits per heavy atom. The van der Waals surface area contributed by atoms with E-state index < -0.39 is 5.60 Å². The topological polar surface area (TPSA) is 71.2 Å². The van der Waals surface area contributed by atoms with Crippen molar-refractivity contribution in [1.82, 2.24) is 4.98 Å². The standard InChI is InChI=1S/C11H15Cl2N3O/c12-7-5-8(13)10(16-9(7)14)15-6-11(17)3-1-2-4-11/h5,17H,1-4,6H2,(H3,14,15,16). The summed E-state index contributed by atoms with van der Waals surface area (Å²) < 4.78 is 0. The molecule has 0 bridgehead atoms. The zero-order valence-corrected chi connectivity index (χ0v) is 10.9. The van der Waals surface area contributed by atoms with E-state index in [4.69, 9.17) is 28.9 Å². The molecule has 1 heterocycles. The third-order valence-electron chi connectivity index (χ3n) is 3.08. The van der Waals surface area contributed by atoms with Crippen LogP contribution in [0.1, 0.15) is 25.7 Å². The molecule has 4 nitrogen and oxygen atoms in total. The summed E-state index contributed by atoms with van der Waals surface area (Å²) in [5.41, 5.74) is 4.95. The van der Waals surface area contributed by atoms with Crippen molar-refractivity contribution in [3.05, 3.63) is 16.1 Å². The fraction of sp³-hybridized carbons (Fsp3) is 0.545. The summed E-state index contributed by atoms with van der Waals surface area (Å²) >= 11 is 11.8. The van der Waals surface area contributed by atoms with Crippen molar-refractivity contribution in [2.45, 2.75) is 31.3 Å². The molecule has 1 saturated carbocycles. The highest BCUT2D eigenvalue weighted by Gasteiger charge is 2.31. The lowest BCUT2D eigenvalue weighted by atomic mass is 10.0. The van der Waals surface area contributed by atoms with Gasteiger partial charge in [0, 0.05) is 6.54 Å². The largest absolute Gasteiger partial charge is 0.388 e. The van der Waals surface area contributed by atoms with E-state index in [2.05, 4.69) is 10.3 Å². The number of nitrogen functional groups attached to an aromatic ring is 1. The van der Waals surface area contributed by atoms with Gasteiger partial charge in [-0.2, -0.15) is 0 Å². The number of nitrogens with zero attached hydrogens (tertiary/aromatic N) is 1. The zero-order chi connectivity index (χ0) is 12.5. The molecular formula is C11H15Cl2N3O. The first kappa shape index (κ1) is 12.7. The molecule has 0 aliphatic heterocycles. The maximum atomic E-state index is 10.2. The van der Waals surface area contributed by atoms with Gasteiger partial charge >= 0.3 is 0 Å². The lowest BCUT2D eigenvalue weighted by Crippen LogP contribution is -2.33. The highest BCUT2D eigenvalue weighted by atomic mass is 35.5. The summed E-state index contributed by atoms with van der Waals surface area (Å²) in [6.07, 6.45) is 3.73. The summed E-state index contributed by atoms with van der Waals surface area (Å²) in [4.78, 5) is 4.06. The molecule has 0 radical (unpaired) electrons. The molecular weight excluding hydrogens is 261 g/mol. The van der Waals surface area contributed by atoms with E-state index in [1.165, 1.54) is 0 Å². The first-order valence-corrected chi connectivity index (χ1v) is 6.33. The summed E-state index contributed by atoms with van der Waals surface area (Å²) in [7, 11) is 0. The van der Waals surface area contributed by atoms with Crippen LogP contribution in [0.5, 0.6) is 0 Å². The Morgan fingerprint density at radius 2 is 2.00 bits per heavy atom. The number of hydrogen-bond donors (Lipinski definition) is 3. The van der Waals surface area contributed by atoms with Gasteiger partial charge in [0.25, 0.3) is 0 Å². The lowest BCUT2D eigenvalue weighted by molar-refractivity contribution is 0.0614. The van der Waals surface area contributed by atoms with Gasteiger partial charge in [-0.3, -0.25) is 0 Å². The molecule has 1 fully saturated rings. The van der Waals surface area contributed by atoms with Crippen LogP contribution in [-0.2, 0) is 0 Å². The van der Waals surface area contributed by atoms with Gasteiger partial charge in [-0.25, -0.2) is 4.98 Å². The molecule has 6 heteroatoms. The number of aromatic nitrogens is 1. The fourth-order valence-electron chi connectivity index (χ4n) is 2.06. The van der Waals surface area contributed by atoms with Crippen molar-refractivity contribution in [1.29, 1.82) is 0 Å². The SMILES string of the molecule is Nc1nc(NCC2(O)CCCC2)c(Cl)cc1Cl. The number of nitrogens with two attached hydrogens (primary N) is 1. The molecule has 4 N–H and O–H groups in total. The smallest absolute Gasteiger partial charge is 0.147 e. The highest BCUT2D eigenvalue weighted by molar-refractivity contribution is 6.37. The van der Waals surface area contributed by atoms with Crippen molar-refractivity contribution in [3.8, 4) is 0 Å². The Bertz CT molecular complexity index is 419. The molecule has 17 heavy (non-hydrogen) atoms. The molecule has 1 aromatic rings. The average Bonchev–Trinajstić information content (AvgIpc) is 2.69. The van der Waals surface area contributed by atoms with E-state index in [9.17, 15) is 5.11 Å². The second-order valence-corrected chi connectivity index (χ2v) is 5.29. The zero-order valence-electron chi connectivity index (χ0n) is 9.34. The van der Waals surface area contributed by atoms with E-state index >= 15 is 0 Å². The molecule has 0 amide bonds. The number of anilines is 2. The molecule has 1 aliphatic rings. The van der Waals surface area contributed by atoms with Crippen LogP contribution in [0.3, 0.4) is 0 Å². The van der Waals surface area contributed by atoms with Crippen LogP contribution in [0.25, 0.3) is 0 Å². The number of hydrogen-bond acceptors (Lipinski definition) is 4. The number of rotatable bonds is 3. The van der Waals surface area contributed by atoms with Crippen molar-refractivity contribution >= 4 is 34.8 Å². The Balaban J connectivity index is 2.06. The maximum absolute atomic E-state index is 10.2. The minimum atomic E-state index is -0.653. The predicted molar refractivity (Wildman–Crippen MR) is 70.6 cm³/mol. The van der Waals surface area contributed by atoms with E-state index in [0.717, 1.165) is 25.7 Å². The molecule has 0 saturated heterocycles. The number of pyridine rings is 1. The van der Waals surface area contributed by atoms with Gasteiger partial charge in [-0.05, 0) is 18.9 Å². The van der Waals surface area contributed by atoms with Crippen LogP contribution in [0.15, 0.2) is 6.07 Å². The van der Waals surface area contributed by atoms with Gasteiger partial charge in [-0.1, -0.05) is 36.0 Å². The molecule has 1 aliphatic carbocycles. The van der Waals surface area contributed by atoms with Crippen molar-refractivity contribution in [2.75, 3.05) is 17.6 Å². The summed E-state index contributed by atoms with van der Waals surface area (Å²) in [5, 5.41) is 14.0. The normalized spacial score (nSPS) is 18.3. The molecule has 2 rings (SSSR count). The van der Waals surface area contributed by atoms with Gasteiger partial charge in [0.15, 0.2) is 0 Å². The van der Waals surface area contributed by atoms with E-state index in [1.54, 1.807) is 6.07 Å². The molecule has 0 spiro atoms. The molecule has 0 aromatic carbocycles. The molecule has 0 atom stereocenters. The molecule has 0 unspecified atom stereocenters. The van der Waals surface area contributed by atoms with Crippen LogP contribution in [0, 0.1) is 0 Å². The molecule has 94 valence electrons. The quantitative estimate of drug-likeness (QED) is 0.793. The van der Waals surface area contributed by atoms with Gasteiger partial charge in [0.1, 0.15) is 11.6 Å². The minimum absolute atomic E-state index is 0.233. The Hall–Kier alpha value is -0.710. The van der Waals surface area contributed by atoms with Crippen molar-refractivity contribution in [2.24, 2.45) is 0 Å². The van der Waals surface area contributed by atoms with Crippen LogP contribution in [0.2, 0.25) is 10.0 Å². The van der Waals surface area contributed by atoms with Gasteiger partial charge in [0.2, 0.25) is 0 Å². The van der Waals surface area contributed by atoms with Gasteiger partial charge < -0.3 is 16.2 Å². The average molecular weight is 276 g/mol. The summed E-state index contributed by atoms with van der Waals surface area (Å²) in [6.45, 7) is 0.431. The number of nitrogens with one attached hydrogen (secondary N) is 1. The number of halogens is 2. The van der Waals surface area contributed by atoms with Crippen molar-refractivity contribution < 1.29 is 5.11 Å². The lowest BCUT2D eigenvalue weighted by Gasteiger charge is -2.23.